The molecule has 1 aromatic heterocycles. The Balaban J connectivity index is 1.29. The highest BCUT2D eigenvalue weighted by atomic mass is 32.2. The molecule has 0 radical (unpaired) electrons. The van der Waals surface area contributed by atoms with Gasteiger partial charge in [0.2, 0.25) is 5.91 Å². The molecule has 8 heteroatoms. The van der Waals surface area contributed by atoms with Crippen LogP contribution in [0.25, 0.3) is 10.2 Å². The fourth-order valence-electron chi connectivity index (χ4n) is 3.77. The van der Waals surface area contributed by atoms with Crippen molar-refractivity contribution in [2.24, 2.45) is 0 Å². The first kappa shape index (κ1) is 21.8. The summed E-state index contributed by atoms with van der Waals surface area (Å²) in [5, 5.41) is 1.00. The third kappa shape index (κ3) is 4.91. The lowest BCUT2D eigenvalue weighted by molar-refractivity contribution is -0.131. The Kier molecular flexibility index (Phi) is 6.29. The van der Waals surface area contributed by atoms with Gasteiger partial charge in [0.25, 0.3) is 0 Å². The van der Waals surface area contributed by atoms with E-state index in [2.05, 4.69) is 30.9 Å². The van der Waals surface area contributed by atoms with Crippen LogP contribution < -0.4 is 4.90 Å². The molecule has 0 unspecified atom stereocenters. The Morgan fingerprint density at radius 3 is 2.42 bits per heavy atom. The number of carbonyl (C=O) groups is 1. The molecule has 1 aliphatic heterocycles. The molecule has 6 nitrogen and oxygen atoms in total. The van der Waals surface area contributed by atoms with E-state index in [9.17, 15) is 13.2 Å². The molecule has 2 heterocycles. The number of fused-ring (bicyclic) bond motifs is 1. The van der Waals surface area contributed by atoms with Gasteiger partial charge in [-0.1, -0.05) is 29.5 Å². The molecule has 0 spiro atoms. The number of benzene rings is 2. The van der Waals surface area contributed by atoms with Gasteiger partial charge in [0.05, 0.1) is 20.9 Å². The van der Waals surface area contributed by atoms with E-state index in [0.717, 1.165) is 23.7 Å². The Labute approximate surface area is 187 Å². The highest BCUT2D eigenvalue weighted by Gasteiger charge is 2.24. The van der Waals surface area contributed by atoms with E-state index in [1.807, 2.05) is 4.90 Å². The van der Waals surface area contributed by atoms with E-state index < -0.39 is 9.84 Å². The number of aryl methyl sites for hydroxylation is 2. The topological polar surface area (TPSA) is 70.6 Å². The first-order valence-electron chi connectivity index (χ1n) is 10.5. The summed E-state index contributed by atoms with van der Waals surface area (Å²) >= 11 is 1.70. The molecule has 31 heavy (non-hydrogen) atoms. The highest BCUT2D eigenvalue weighted by molar-refractivity contribution is 7.91. The van der Waals surface area contributed by atoms with Crippen molar-refractivity contribution in [2.45, 2.75) is 31.6 Å². The van der Waals surface area contributed by atoms with E-state index >= 15 is 0 Å². The van der Waals surface area contributed by atoms with Crippen molar-refractivity contribution in [1.29, 1.82) is 0 Å². The van der Waals surface area contributed by atoms with Gasteiger partial charge in [0, 0.05) is 32.6 Å². The molecule has 1 saturated heterocycles. The maximum atomic E-state index is 12.6. The lowest BCUT2D eigenvalue weighted by Crippen LogP contribution is -2.48. The number of anilines is 1. The average molecular weight is 458 g/mol. The minimum atomic E-state index is -3.34. The largest absolute Gasteiger partial charge is 0.345 e. The predicted octanol–water partition coefficient (Wildman–Crippen LogP) is 3.82. The monoisotopic (exact) mass is 457 g/mol. The molecule has 0 aliphatic carbocycles. The number of hydrogen-bond acceptors (Lipinski definition) is 6. The Hall–Kier alpha value is -2.45. The third-order valence-electron chi connectivity index (χ3n) is 5.80. The van der Waals surface area contributed by atoms with Crippen molar-refractivity contribution in [3.05, 3.63) is 53.6 Å². The van der Waals surface area contributed by atoms with Crippen LogP contribution in [0, 0.1) is 13.8 Å². The summed E-state index contributed by atoms with van der Waals surface area (Å²) in [7, 11) is -3.34. The second kappa shape index (κ2) is 8.96. The molecule has 0 N–H and O–H groups in total. The number of piperazine rings is 1. The van der Waals surface area contributed by atoms with Gasteiger partial charge in [0.1, 0.15) is 0 Å². The zero-order valence-corrected chi connectivity index (χ0v) is 19.5. The zero-order chi connectivity index (χ0) is 22.0. The summed E-state index contributed by atoms with van der Waals surface area (Å²) in [5.74, 6) is 0.0197. The number of carbonyl (C=O) groups excluding carboxylic acids is 1. The Bertz CT molecular complexity index is 1140. The molecular formula is C23H27N3O3S2. The fourth-order valence-corrected chi connectivity index (χ4v) is 6.20. The summed E-state index contributed by atoms with van der Waals surface area (Å²) in [5.41, 5.74) is 3.54. The second-order valence-electron chi connectivity index (χ2n) is 8.00. The Morgan fingerprint density at radius 1 is 1.03 bits per heavy atom. The van der Waals surface area contributed by atoms with Gasteiger partial charge >= 0.3 is 0 Å². The van der Waals surface area contributed by atoms with Crippen molar-refractivity contribution in [3.63, 3.8) is 0 Å². The summed E-state index contributed by atoms with van der Waals surface area (Å²) < 4.78 is 25.9. The third-order valence-corrected chi connectivity index (χ3v) is 8.70. The molecule has 0 saturated carbocycles. The fraction of sp³-hybridized carbons (Fsp3) is 0.391. The van der Waals surface area contributed by atoms with Gasteiger partial charge in [-0.15, -0.1) is 0 Å². The highest BCUT2D eigenvalue weighted by Crippen LogP contribution is 2.31. The molecule has 1 aliphatic rings. The van der Waals surface area contributed by atoms with Crippen molar-refractivity contribution >= 4 is 42.4 Å². The van der Waals surface area contributed by atoms with Crippen molar-refractivity contribution < 1.29 is 13.2 Å². The van der Waals surface area contributed by atoms with Crippen LogP contribution in [0.15, 0.2) is 47.4 Å². The molecule has 1 amide bonds. The Morgan fingerprint density at radius 2 is 1.71 bits per heavy atom. The van der Waals surface area contributed by atoms with Crippen molar-refractivity contribution in [3.8, 4) is 0 Å². The van der Waals surface area contributed by atoms with E-state index in [0.29, 0.717) is 24.4 Å². The van der Waals surface area contributed by atoms with Gasteiger partial charge in [-0.2, -0.15) is 0 Å². The van der Waals surface area contributed by atoms with E-state index in [1.54, 1.807) is 41.7 Å². The normalized spacial score (nSPS) is 14.9. The van der Waals surface area contributed by atoms with Crippen LogP contribution in [0.4, 0.5) is 5.13 Å². The van der Waals surface area contributed by atoms with E-state index in [4.69, 9.17) is 4.98 Å². The minimum Gasteiger partial charge on any atom is -0.345 e. The van der Waals surface area contributed by atoms with Gasteiger partial charge in [-0.25, -0.2) is 13.4 Å². The summed E-state index contributed by atoms with van der Waals surface area (Å²) in [6.45, 7) is 6.97. The number of aromatic nitrogens is 1. The van der Waals surface area contributed by atoms with Crippen LogP contribution in [0.5, 0.6) is 0 Å². The van der Waals surface area contributed by atoms with Gasteiger partial charge in [-0.3, -0.25) is 4.79 Å². The second-order valence-corrected chi connectivity index (χ2v) is 11.1. The maximum Gasteiger partial charge on any atom is 0.222 e. The van der Waals surface area contributed by atoms with Crippen molar-refractivity contribution in [1.82, 2.24) is 9.88 Å². The quantitative estimate of drug-likeness (QED) is 0.563. The van der Waals surface area contributed by atoms with Crippen LogP contribution in [0.3, 0.4) is 0 Å². The molecule has 4 rings (SSSR count). The molecular weight excluding hydrogens is 430 g/mol. The number of amides is 1. The van der Waals surface area contributed by atoms with Crippen LogP contribution >= 0.6 is 11.3 Å². The predicted molar refractivity (Wildman–Crippen MR) is 126 cm³/mol. The molecule has 3 aromatic rings. The van der Waals surface area contributed by atoms with E-state index in [-0.39, 0.29) is 18.1 Å². The first-order chi connectivity index (χ1) is 14.8. The number of rotatable bonds is 6. The lowest BCUT2D eigenvalue weighted by atomic mass is 10.1. The maximum absolute atomic E-state index is 12.6. The van der Waals surface area contributed by atoms with E-state index in [1.165, 1.54) is 15.8 Å². The van der Waals surface area contributed by atoms with Crippen LogP contribution in [0.2, 0.25) is 0 Å². The van der Waals surface area contributed by atoms with Gasteiger partial charge in [0.15, 0.2) is 15.0 Å². The zero-order valence-electron chi connectivity index (χ0n) is 17.9. The summed E-state index contributed by atoms with van der Waals surface area (Å²) in [6.07, 6.45) is 0.596. The summed E-state index contributed by atoms with van der Waals surface area (Å²) in [4.78, 5) is 21.8. The minimum absolute atomic E-state index is 0.00669. The average Bonchev–Trinajstić information content (AvgIpc) is 3.17. The SMILES string of the molecule is Cc1cc2nc(N3CCN(C(=O)CCCS(=O)(=O)c4ccccc4)CC3)sc2cc1C. The molecule has 1 fully saturated rings. The summed E-state index contributed by atoms with van der Waals surface area (Å²) in [6, 6.07) is 12.7. The first-order valence-corrected chi connectivity index (χ1v) is 13.0. The number of hydrogen-bond donors (Lipinski definition) is 0. The lowest BCUT2D eigenvalue weighted by Gasteiger charge is -2.34. The van der Waals surface area contributed by atoms with Gasteiger partial charge < -0.3 is 9.80 Å². The number of thiazole rings is 1. The van der Waals surface area contributed by atoms with Crippen LogP contribution in [-0.2, 0) is 14.6 Å². The standard InChI is InChI=1S/C23H27N3O3S2/c1-17-15-20-21(16-18(17)2)30-23(24-20)26-12-10-25(11-13-26)22(27)9-6-14-31(28,29)19-7-4-3-5-8-19/h3-5,7-8,15-16H,6,9-14H2,1-2H3. The molecule has 0 atom stereocenters. The van der Waals surface area contributed by atoms with Crippen LogP contribution in [0.1, 0.15) is 24.0 Å². The molecule has 0 bridgehead atoms. The molecule has 164 valence electrons. The smallest absolute Gasteiger partial charge is 0.222 e. The van der Waals surface area contributed by atoms with Crippen molar-refractivity contribution in [2.75, 3.05) is 36.8 Å². The van der Waals surface area contributed by atoms with Gasteiger partial charge in [-0.05, 0) is 55.7 Å². The molecule has 2 aromatic carbocycles. The number of nitrogens with zero attached hydrogens (tertiary/aromatic N) is 3. The number of sulfone groups is 1. The van der Waals surface area contributed by atoms with Crippen LogP contribution in [-0.4, -0.2) is 56.1 Å².